The normalized spacial score (nSPS) is 18.7. The van der Waals surface area contributed by atoms with E-state index in [2.05, 4.69) is 18.7 Å². The maximum absolute atomic E-state index is 9.90. The fourth-order valence-corrected chi connectivity index (χ4v) is 1.26. The number of ether oxygens (including phenoxy) is 1. The van der Waals surface area contributed by atoms with Crippen LogP contribution in [0.3, 0.4) is 0 Å². The maximum Gasteiger partial charge on any atom is 0.0953 e. The highest BCUT2D eigenvalue weighted by atomic mass is 16.5. The van der Waals surface area contributed by atoms with Gasteiger partial charge in [0.25, 0.3) is 0 Å². The lowest BCUT2D eigenvalue weighted by Crippen LogP contribution is -2.52. The molecule has 1 N–H and O–H groups in total. The molecule has 0 saturated heterocycles. The van der Waals surface area contributed by atoms with E-state index in [0.717, 1.165) is 6.42 Å². The van der Waals surface area contributed by atoms with Crippen molar-refractivity contribution < 1.29 is 9.84 Å². The summed E-state index contributed by atoms with van der Waals surface area (Å²) in [6.45, 7) is 7.14. The summed E-state index contributed by atoms with van der Waals surface area (Å²) in [5.74, 6) is 0. The molecule has 13 heavy (non-hydrogen) atoms. The van der Waals surface area contributed by atoms with Crippen molar-refractivity contribution in [3.05, 3.63) is 0 Å². The lowest BCUT2D eigenvalue weighted by Gasteiger charge is -2.39. The monoisotopic (exact) mass is 189 g/mol. The molecule has 0 spiro atoms. The van der Waals surface area contributed by atoms with Crippen LogP contribution in [-0.4, -0.2) is 49.0 Å². The largest absolute Gasteiger partial charge is 0.389 e. The fraction of sp³-hybridized carbons (Fsp3) is 1.00. The third-order valence-corrected chi connectivity index (χ3v) is 2.94. The van der Waals surface area contributed by atoms with E-state index in [1.807, 2.05) is 21.0 Å². The first kappa shape index (κ1) is 12.9. The molecule has 0 radical (unpaired) electrons. The number of nitrogens with zero attached hydrogens (tertiary/aromatic N) is 1. The first-order chi connectivity index (χ1) is 5.99. The second-order valence-corrected chi connectivity index (χ2v) is 3.78. The van der Waals surface area contributed by atoms with E-state index < -0.39 is 6.10 Å². The molecule has 0 aliphatic carbocycles. The first-order valence-corrected chi connectivity index (χ1v) is 4.92. The fourth-order valence-electron chi connectivity index (χ4n) is 1.26. The number of aliphatic hydroxyl groups is 1. The topological polar surface area (TPSA) is 32.7 Å². The van der Waals surface area contributed by atoms with Crippen molar-refractivity contribution in [2.75, 3.05) is 27.3 Å². The van der Waals surface area contributed by atoms with Crippen LogP contribution in [0.4, 0.5) is 0 Å². The number of aliphatic hydroxyl groups excluding tert-OH is 1. The van der Waals surface area contributed by atoms with Gasteiger partial charge >= 0.3 is 0 Å². The second kappa shape index (κ2) is 5.58. The van der Waals surface area contributed by atoms with Crippen molar-refractivity contribution in [2.45, 2.75) is 38.8 Å². The van der Waals surface area contributed by atoms with Crippen LogP contribution in [0.2, 0.25) is 0 Å². The Kier molecular flexibility index (Phi) is 5.53. The van der Waals surface area contributed by atoms with Crippen LogP contribution >= 0.6 is 0 Å². The van der Waals surface area contributed by atoms with Crippen molar-refractivity contribution in [3.63, 3.8) is 0 Å². The summed E-state index contributed by atoms with van der Waals surface area (Å²) in [5, 5.41) is 9.90. The number of rotatable bonds is 6. The van der Waals surface area contributed by atoms with Gasteiger partial charge < -0.3 is 14.7 Å². The summed E-state index contributed by atoms with van der Waals surface area (Å²) in [5.41, 5.74) is -0.185. The molecule has 0 fully saturated rings. The van der Waals surface area contributed by atoms with Gasteiger partial charge in [0.15, 0.2) is 0 Å². The maximum atomic E-state index is 9.90. The third kappa shape index (κ3) is 3.25. The molecule has 0 aliphatic heterocycles. The van der Waals surface area contributed by atoms with Crippen molar-refractivity contribution in [1.82, 2.24) is 4.90 Å². The molecule has 0 heterocycles. The summed E-state index contributed by atoms with van der Waals surface area (Å²) in [6, 6.07) is 0. The van der Waals surface area contributed by atoms with Gasteiger partial charge in [0.2, 0.25) is 0 Å². The number of hydrogen-bond donors (Lipinski definition) is 1. The molecule has 2 atom stereocenters. The quantitative estimate of drug-likeness (QED) is 0.679. The van der Waals surface area contributed by atoms with Gasteiger partial charge in [-0.05, 0) is 34.4 Å². The number of likely N-dealkylation sites (N-methyl/N-ethyl adjacent to an activating group) is 1. The Balaban J connectivity index is 4.20. The minimum atomic E-state index is -0.424. The predicted octanol–water partition coefficient (Wildman–Crippen LogP) is 1.11. The van der Waals surface area contributed by atoms with Gasteiger partial charge in [0, 0.05) is 12.1 Å². The van der Waals surface area contributed by atoms with Crippen LogP contribution in [0.1, 0.15) is 27.2 Å². The van der Waals surface area contributed by atoms with E-state index in [1.165, 1.54) is 0 Å². The van der Waals surface area contributed by atoms with E-state index in [-0.39, 0.29) is 5.54 Å². The van der Waals surface area contributed by atoms with Crippen LogP contribution in [0.25, 0.3) is 0 Å². The molecule has 0 aromatic carbocycles. The van der Waals surface area contributed by atoms with Gasteiger partial charge in [0.1, 0.15) is 0 Å². The Morgan fingerprint density at radius 1 is 1.38 bits per heavy atom. The number of hydrogen-bond acceptors (Lipinski definition) is 3. The summed E-state index contributed by atoms with van der Waals surface area (Å²) < 4.78 is 5.22. The summed E-state index contributed by atoms with van der Waals surface area (Å²) in [7, 11) is 3.97. The SMILES string of the molecule is CCOCC(O)C(C)(CC)N(C)C. The van der Waals surface area contributed by atoms with Crippen LogP contribution in [0, 0.1) is 0 Å². The highest BCUT2D eigenvalue weighted by Gasteiger charge is 2.33. The first-order valence-electron chi connectivity index (χ1n) is 4.92. The van der Waals surface area contributed by atoms with Gasteiger partial charge in [-0.3, -0.25) is 0 Å². The van der Waals surface area contributed by atoms with Crippen molar-refractivity contribution in [3.8, 4) is 0 Å². The average Bonchev–Trinajstić information content (AvgIpc) is 2.12. The van der Waals surface area contributed by atoms with Crippen molar-refractivity contribution >= 4 is 0 Å². The van der Waals surface area contributed by atoms with E-state index in [9.17, 15) is 5.11 Å². The minimum absolute atomic E-state index is 0.185. The van der Waals surface area contributed by atoms with Crippen LogP contribution in [0.15, 0.2) is 0 Å². The van der Waals surface area contributed by atoms with E-state index >= 15 is 0 Å². The Morgan fingerprint density at radius 2 is 1.92 bits per heavy atom. The Bertz CT molecular complexity index is 139. The molecule has 0 aromatic rings. The van der Waals surface area contributed by atoms with E-state index in [1.54, 1.807) is 0 Å². The van der Waals surface area contributed by atoms with Gasteiger partial charge in [-0.25, -0.2) is 0 Å². The van der Waals surface area contributed by atoms with Gasteiger partial charge in [-0.1, -0.05) is 6.92 Å². The van der Waals surface area contributed by atoms with Crippen molar-refractivity contribution in [1.29, 1.82) is 0 Å². The lowest BCUT2D eigenvalue weighted by atomic mass is 9.91. The van der Waals surface area contributed by atoms with E-state index in [0.29, 0.717) is 13.2 Å². The molecular weight excluding hydrogens is 166 g/mol. The highest BCUT2D eigenvalue weighted by molar-refractivity contribution is 4.88. The Labute approximate surface area is 81.7 Å². The van der Waals surface area contributed by atoms with Gasteiger partial charge in [-0.15, -0.1) is 0 Å². The molecule has 3 heteroatoms. The molecular formula is C10H23NO2. The lowest BCUT2D eigenvalue weighted by molar-refractivity contribution is -0.0490. The summed E-state index contributed by atoms with van der Waals surface area (Å²) >= 11 is 0. The average molecular weight is 189 g/mol. The zero-order chi connectivity index (χ0) is 10.5. The van der Waals surface area contributed by atoms with Crippen LogP contribution in [0.5, 0.6) is 0 Å². The van der Waals surface area contributed by atoms with Crippen LogP contribution < -0.4 is 0 Å². The third-order valence-electron chi connectivity index (χ3n) is 2.94. The van der Waals surface area contributed by atoms with Crippen molar-refractivity contribution in [2.24, 2.45) is 0 Å². The molecule has 0 amide bonds. The molecule has 3 nitrogen and oxygen atoms in total. The molecule has 0 bridgehead atoms. The molecule has 0 aliphatic rings. The van der Waals surface area contributed by atoms with Gasteiger partial charge in [-0.2, -0.15) is 0 Å². The van der Waals surface area contributed by atoms with Crippen LogP contribution in [-0.2, 0) is 4.74 Å². The Morgan fingerprint density at radius 3 is 2.23 bits per heavy atom. The molecule has 2 unspecified atom stereocenters. The van der Waals surface area contributed by atoms with E-state index in [4.69, 9.17) is 4.74 Å². The minimum Gasteiger partial charge on any atom is -0.389 e. The summed E-state index contributed by atoms with van der Waals surface area (Å²) in [4.78, 5) is 2.05. The van der Waals surface area contributed by atoms with Gasteiger partial charge in [0.05, 0.1) is 12.7 Å². The molecule has 0 rings (SSSR count). The molecule has 80 valence electrons. The predicted molar refractivity (Wildman–Crippen MR) is 54.9 cm³/mol. The Hall–Kier alpha value is -0.120. The summed E-state index contributed by atoms with van der Waals surface area (Å²) in [6.07, 6.45) is 0.487. The zero-order valence-corrected chi connectivity index (χ0v) is 9.50. The standard InChI is InChI=1S/C10H23NO2/c1-6-10(3,11(4)5)9(12)8-13-7-2/h9,12H,6-8H2,1-5H3. The highest BCUT2D eigenvalue weighted by Crippen LogP contribution is 2.21. The smallest absolute Gasteiger partial charge is 0.0953 e. The molecule has 0 aromatic heterocycles. The zero-order valence-electron chi connectivity index (χ0n) is 9.50. The second-order valence-electron chi connectivity index (χ2n) is 3.78. The molecule has 0 saturated carbocycles.